The van der Waals surface area contributed by atoms with E-state index in [0.29, 0.717) is 37.4 Å². The van der Waals surface area contributed by atoms with Gasteiger partial charge in [0, 0.05) is 45.0 Å². The lowest BCUT2D eigenvalue weighted by Gasteiger charge is -2.32. The highest BCUT2D eigenvalue weighted by atomic mass is 16.5. The number of aromatic nitrogens is 2. The summed E-state index contributed by atoms with van der Waals surface area (Å²) in [7, 11) is 0. The molecule has 0 aliphatic carbocycles. The number of aliphatic hydroxyl groups is 1. The van der Waals surface area contributed by atoms with Crippen molar-refractivity contribution in [2.75, 3.05) is 32.8 Å². The highest BCUT2D eigenvalue weighted by molar-refractivity contribution is 5.97. The van der Waals surface area contributed by atoms with E-state index in [1.807, 2.05) is 18.2 Å². The normalized spacial score (nSPS) is 17.0. The lowest BCUT2D eigenvalue weighted by Crippen LogP contribution is -2.44. The molecule has 0 fully saturated rings. The second-order valence-corrected chi connectivity index (χ2v) is 8.76. The van der Waals surface area contributed by atoms with E-state index in [4.69, 9.17) is 4.74 Å². The number of hydrogen-bond donors (Lipinski definition) is 1. The Balaban J connectivity index is 1.24. The minimum atomic E-state index is -0.620. The molecule has 0 unspecified atom stereocenters. The number of nitrogens with zero attached hydrogens (tertiary/aromatic N) is 4. The Morgan fingerprint density at radius 3 is 2.67 bits per heavy atom. The van der Waals surface area contributed by atoms with Crippen LogP contribution in [-0.2, 0) is 19.4 Å². The van der Waals surface area contributed by atoms with E-state index in [1.54, 1.807) is 17.3 Å². The van der Waals surface area contributed by atoms with Crippen molar-refractivity contribution in [2.45, 2.75) is 25.5 Å². The Hall–Kier alpha value is -3.29. The zero-order chi connectivity index (χ0) is 22.6. The second kappa shape index (κ2) is 9.68. The summed E-state index contributed by atoms with van der Waals surface area (Å²) in [4.78, 5) is 25.4. The van der Waals surface area contributed by atoms with Gasteiger partial charge in [-0.1, -0.05) is 30.3 Å². The van der Waals surface area contributed by atoms with Gasteiger partial charge in [0.2, 0.25) is 0 Å². The largest absolute Gasteiger partial charge is 0.491 e. The van der Waals surface area contributed by atoms with Crippen LogP contribution in [0, 0.1) is 0 Å². The van der Waals surface area contributed by atoms with Crippen molar-refractivity contribution in [1.29, 1.82) is 0 Å². The highest BCUT2D eigenvalue weighted by Crippen LogP contribution is 2.26. The van der Waals surface area contributed by atoms with Crippen LogP contribution in [0.1, 0.15) is 32.6 Å². The molecule has 3 aromatic rings. The first-order valence-electron chi connectivity index (χ1n) is 11.4. The Morgan fingerprint density at radius 2 is 1.82 bits per heavy atom. The summed E-state index contributed by atoms with van der Waals surface area (Å²) in [5.41, 5.74) is 5.23. The third-order valence-corrected chi connectivity index (χ3v) is 6.31. The van der Waals surface area contributed by atoms with Crippen molar-refractivity contribution >= 4 is 5.91 Å². The summed E-state index contributed by atoms with van der Waals surface area (Å²) >= 11 is 0. The fourth-order valence-corrected chi connectivity index (χ4v) is 4.67. The lowest BCUT2D eigenvalue weighted by atomic mass is 10.00. The van der Waals surface area contributed by atoms with Gasteiger partial charge in [-0.05, 0) is 40.8 Å². The molecule has 2 aromatic carbocycles. The highest BCUT2D eigenvalue weighted by Gasteiger charge is 2.27. The molecular formula is C26H28N4O3. The molecule has 33 heavy (non-hydrogen) atoms. The first-order chi connectivity index (χ1) is 16.2. The molecule has 0 bridgehead atoms. The molecule has 7 nitrogen and oxygen atoms in total. The van der Waals surface area contributed by atoms with Crippen LogP contribution in [0.5, 0.6) is 5.75 Å². The van der Waals surface area contributed by atoms with Crippen LogP contribution in [0.25, 0.3) is 0 Å². The van der Waals surface area contributed by atoms with Gasteiger partial charge in [0.25, 0.3) is 5.91 Å². The quantitative estimate of drug-likeness (QED) is 0.629. The van der Waals surface area contributed by atoms with Gasteiger partial charge in [-0.25, -0.2) is 9.97 Å². The monoisotopic (exact) mass is 444 g/mol. The van der Waals surface area contributed by atoms with E-state index >= 15 is 0 Å². The van der Waals surface area contributed by atoms with Crippen LogP contribution < -0.4 is 4.74 Å². The van der Waals surface area contributed by atoms with Gasteiger partial charge in [0.1, 0.15) is 18.7 Å². The number of fused-ring (bicyclic) bond motifs is 2. The van der Waals surface area contributed by atoms with Crippen LogP contribution in [0.3, 0.4) is 0 Å². The Bertz CT molecular complexity index is 1120. The van der Waals surface area contributed by atoms with Gasteiger partial charge in [-0.3, -0.25) is 9.69 Å². The van der Waals surface area contributed by atoms with Crippen molar-refractivity contribution < 1.29 is 14.6 Å². The fraction of sp³-hybridized carbons (Fsp3) is 0.346. The number of carbonyl (C=O) groups excluding carboxylic acids is 1. The number of carbonyl (C=O) groups is 1. The smallest absolute Gasteiger partial charge is 0.257 e. The lowest BCUT2D eigenvalue weighted by molar-refractivity contribution is 0.0501. The molecule has 2 aliphatic heterocycles. The number of hydrogen-bond acceptors (Lipinski definition) is 6. The third kappa shape index (κ3) is 5.05. The van der Waals surface area contributed by atoms with Gasteiger partial charge >= 0.3 is 0 Å². The topological polar surface area (TPSA) is 78.8 Å². The molecule has 1 aromatic heterocycles. The van der Waals surface area contributed by atoms with E-state index < -0.39 is 6.10 Å². The van der Waals surface area contributed by atoms with E-state index in [9.17, 15) is 9.90 Å². The molecule has 0 saturated heterocycles. The van der Waals surface area contributed by atoms with Crippen molar-refractivity contribution in [3.63, 3.8) is 0 Å². The van der Waals surface area contributed by atoms with Gasteiger partial charge in [-0.2, -0.15) is 0 Å². The fourth-order valence-electron chi connectivity index (χ4n) is 4.67. The van der Waals surface area contributed by atoms with Crippen molar-refractivity contribution in [3.8, 4) is 5.75 Å². The van der Waals surface area contributed by atoms with Crippen LogP contribution >= 0.6 is 0 Å². The van der Waals surface area contributed by atoms with E-state index in [1.165, 1.54) is 17.5 Å². The molecule has 1 amide bonds. The molecule has 170 valence electrons. The maximum atomic E-state index is 13.3. The van der Waals surface area contributed by atoms with Gasteiger partial charge < -0.3 is 14.7 Å². The number of β-amino-alcohol motifs (C(OH)–C–C–N with tert-alkyl or cyclic N) is 1. The Kier molecular flexibility index (Phi) is 6.32. The molecule has 3 heterocycles. The van der Waals surface area contributed by atoms with Gasteiger partial charge in [-0.15, -0.1) is 0 Å². The molecular weight excluding hydrogens is 416 g/mol. The first kappa shape index (κ1) is 21.6. The summed E-state index contributed by atoms with van der Waals surface area (Å²) in [5.74, 6) is 0.495. The number of ether oxygens (including phenoxy) is 1. The summed E-state index contributed by atoms with van der Waals surface area (Å²) < 4.78 is 5.85. The summed E-state index contributed by atoms with van der Waals surface area (Å²) in [6.45, 7) is 3.44. The summed E-state index contributed by atoms with van der Waals surface area (Å²) in [6.07, 6.45) is 6.06. The second-order valence-electron chi connectivity index (χ2n) is 8.76. The predicted octanol–water partition coefficient (Wildman–Crippen LogP) is 2.32. The minimum Gasteiger partial charge on any atom is -0.491 e. The van der Waals surface area contributed by atoms with Crippen LogP contribution in [-0.4, -0.2) is 69.7 Å². The van der Waals surface area contributed by atoms with Crippen molar-refractivity contribution in [3.05, 3.63) is 89.0 Å². The molecule has 2 aliphatic rings. The molecule has 7 heteroatoms. The Labute approximate surface area is 193 Å². The number of aliphatic hydroxyl groups excluding tert-OH is 1. The maximum Gasteiger partial charge on any atom is 0.257 e. The number of amides is 1. The molecule has 0 radical (unpaired) electrons. The average Bonchev–Trinajstić information content (AvgIpc) is 2.98. The van der Waals surface area contributed by atoms with E-state index in [-0.39, 0.29) is 12.5 Å². The first-order valence-corrected chi connectivity index (χ1v) is 11.4. The van der Waals surface area contributed by atoms with Crippen molar-refractivity contribution in [2.24, 2.45) is 0 Å². The van der Waals surface area contributed by atoms with Crippen LogP contribution in [0.4, 0.5) is 0 Å². The summed E-state index contributed by atoms with van der Waals surface area (Å²) in [6, 6.07) is 14.2. The molecule has 1 atom stereocenters. The average molecular weight is 445 g/mol. The zero-order valence-corrected chi connectivity index (χ0v) is 18.6. The molecule has 0 saturated carbocycles. The predicted molar refractivity (Wildman–Crippen MR) is 124 cm³/mol. The Morgan fingerprint density at radius 1 is 1.00 bits per heavy atom. The molecule has 0 spiro atoms. The molecule has 5 rings (SSSR count). The van der Waals surface area contributed by atoms with E-state index in [0.717, 1.165) is 30.6 Å². The minimum absolute atomic E-state index is 0.100. The van der Waals surface area contributed by atoms with Crippen molar-refractivity contribution in [1.82, 2.24) is 19.8 Å². The molecule has 1 N–H and O–H groups in total. The zero-order valence-electron chi connectivity index (χ0n) is 18.6. The van der Waals surface area contributed by atoms with E-state index in [2.05, 4.69) is 39.1 Å². The summed E-state index contributed by atoms with van der Waals surface area (Å²) in [5, 5.41) is 10.8. The van der Waals surface area contributed by atoms with Gasteiger partial charge in [0.05, 0.1) is 18.2 Å². The maximum absolute atomic E-state index is 13.3. The SMILES string of the molecule is O=C1c2cc(Cc3cncnc3)ccc2OCCN1C[C@H](O)CN1CCc2ccccc2C1. The standard InChI is InChI=1S/C26H28N4O3/c31-23(16-29-8-7-21-3-1-2-4-22(21)15-29)17-30-9-10-33-25-6-5-19(12-24(25)26(30)32)11-20-13-27-18-28-14-20/h1-6,12-14,18,23,31H,7-11,15-17H2/t23-/m1/s1. The third-order valence-electron chi connectivity index (χ3n) is 6.31. The van der Waals surface area contributed by atoms with Crippen LogP contribution in [0.2, 0.25) is 0 Å². The number of rotatable bonds is 6. The van der Waals surface area contributed by atoms with Gasteiger partial charge in [0.15, 0.2) is 0 Å². The number of benzene rings is 2. The van der Waals surface area contributed by atoms with Crippen LogP contribution in [0.15, 0.2) is 61.2 Å².